The van der Waals surface area contributed by atoms with Gasteiger partial charge in [0.1, 0.15) is 29.6 Å². The number of likely N-dealkylation sites (tertiary alicyclic amines) is 1. The number of halogens is 1. The summed E-state index contributed by atoms with van der Waals surface area (Å²) in [5.41, 5.74) is 4.47. The summed E-state index contributed by atoms with van der Waals surface area (Å²) in [7, 11) is -1.18. The maximum atomic E-state index is 6.53. The average Bonchev–Trinajstić information content (AvgIpc) is 3.76. The van der Waals surface area contributed by atoms with Crippen LogP contribution in [0.1, 0.15) is 55.0 Å². The Hall–Kier alpha value is -3.88. The SMILES string of the molecule is Cc1nnc(-c2cnc3c(c2)nc(CN2CCC(c4cccc5c4OC(C)(c4ccc(Cl)cn4)O5)CC2)n3C[C@@H]2CCO2)n1COCC[Si](C)(C)C. The molecular weight excluding hydrogens is 696 g/mol. The summed E-state index contributed by atoms with van der Waals surface area (Å²) in [4.78, 5) is 17.1. The zero-order valence-electron chi connectivity index (χ0n) is 30.6. The van der Waals surface area contributed by atoms with E-state index in [1.807, 2.05) is 42.8 Å². The number of pyridine rings is 2. The van der Waals surface area contributed by atoms with Gasteiger partial charge < -0.3 is 23.5 Å². The van der Waals surface area contributed by atoms with E-state index in [9.17, 15) is 0 Å². The van der Waals surface area contributed by atoms with Gasteiger partial charge in [0, 0.05) is 51.7 Å². The van der Waals surface area contributed by atoms with Crippen molar-refractivity contribution in [3.63, 3.8) is 0 Å². The molecule has 2 saturated heterocycles. The van der Waals surface area contributed by atoms with Crippen molar-refractivity contribution >= 4 is 30.8 Å². The van der Waals surface area contributed by atoms with Crippen LogP contribution in [-0.2, 0) is 35.1 Å². The second-order valence-corrected chi connectivity index (χ2v) is 21.6. The third kappa shape index (κ3) is 7.21. The third-order valence-corrected chi connectivity index (χ3v) is 12.4. The number of aromatic nitrogens is 7. The molecule has 1 unspecified atom stereocenters. The minimum absolute atomic E-state index is 0.179. The van der Waals surface area contributed by atoms with Crippen LogP contribution >= 0.6 is 11.6 Å². The molecule has 0 amide bonds. The fourth-order valence-electron chi connectivity index (χ4n) is 7.23. The number of ether oxygens (including phenoxy) is 4. The first-order chi connectivity index (χ1) is 25.0. The Morgan fingerprint density at radius 3 is 2.56 bits per heavy atom. The van der Waals surface area contributed by atoms with Gasteiger partial charge in [-0.2, -0.15) is 0 Å². The molecule has 0 N–H and O–H groups in total. The van der Waals surface area contributed by atoms with Crippen LogP contribution in [0.3, 0.4) is 0 Å². The zero-order chi connectivity index (χ0) is 36.0. The molecule has 0 bridgehead atoms. The first-order valence-corrected chi connectivity index (χ1v) is 22.4. The van der Waals surface area contributed by atoms with Crippen LogP contribution < -0.4 is 9.47 Å². The van der Waals surface area contributed by atoms with Crippen LogP contribution in [0.5, 0.6) is 11.5 Å². The van der Waals surface area contributed by atoms with Gasteiger partial charge in [-0.05, 0) is 75.5 Å². The molecule has 0 saturated carbocycles. The van der Waals surface area contributed by atoms with Crippen molar-refractivity contribution in [3.8, 4) is 22.9 Å². The van der Waals surface area contributed by atoms with Crippen molar-refractivity contribution in [1.29, 1.82) is 0 Å². The molecule has 0 spiro atoms. The van der Waals surface area contributed by atoms with E-state index < -0.39 is 13.9 Å². The zero-order valence-corrected chi connectivity index (χ0v) is 32.4. The standard InChI is InChI=1S/C38H47ClN8O4Si/c1-25-43-44-36(47(25)24-48-17-18-52(3,4)5)27-19-31-37(41-20-27)46(22-29-13-16-49-29)34(42-31)23-45-14-11-26(12-15-45)30-7-6-8-32-35(30)51-38(2,50-32)33-10-9-28(39)21-40-33/h6-10,19-21,26,29H,11-18,22-24H2,1-5H3/t29-,38?/m0/s1. The van der Waals surface area contributed by atoms with E-state index in [1.54, 1.807) is 6.20 Å². The molecule has 274 valence electrons. The van der Waals surface area contributed by atoms with E-state index in [4.69, 9.17) is 40.5 Å². The molecule has 2 fully saturated rings. The molecule has 7 heterocycles. The van der Waals surface area contributed by atoms with Crippen molar-refractivity contribution in [3.05, 3.63) is 76.7 Å². The maximum absolute atomic E-state index is 6.53. The second-order valence-electron chi connectivity index (χ2n) is 15.6. The van der Waals surface area contributed by atoms with Gasteiger partial charge in [-0.3, -0.25) is 14.5 Å². The van der Waals surface area contributed by atoms with Gasteiger partial charge in [-0.1, -0.05) is 43.4 Å². The predicted octanol–water partition coefficient (Wildman–Crippen LogP) is 7.17. The van der Waals surface area contributed by atoms with E-state index in [0.29, 0.717) is 23.4 Å². The molecule has 12 nitrogen and oxygen atoms in total. The summed E-state index contributed by atoms with van der Waals surface area (Å²) in [6, 6.07) is 13.1. The van der Waals surface area contributed by atoms with Gasteiger partial charge >= 0.3 is 0 Å². The molecule has 14 heteroatoms. The highest BCUT2D eigenvalue weighted by Gasteiger charge is 2.42. The normalized spacial score (nSPS) is 20.8. The first kappa shape index (κ1) is 35.2. The number of para-hydroxylation sites is 1. The fraction of sp³-hybridized carbons (Fsp3) is 0.500. The van der Waals surface area contributed by atoms with Gasteiger partial charge in [0.15, 0.2) is 23.0 Å². The highest BCUT2D eigenvalue weighted by Crippen LogP contribution is 2.49. The minimum atomic E-state index is -1.18. The highest BCUT2D eigenvalue weighted by atomic mass is 35.5. The molecule has 1 aromatic carbocycles. The predicted molar refractivity (Wildman–Crippen MR) is 201 cm³/mol. The molecule has 4 aromatic heterocycles. The van der Waals surface area contributed by atoms with Crippen molar-refractivity contribution in [2.24, 2.45) is 0 Å². The van der Waals surface area contributed by atoms with Crippen LogP contribution in [0, 0.1) is 6.92 Å². The van der Waals surface area contributed by atoms with Crippen LogP contribution in [0.15, 0.2) is 48.8 Å². The summed E-state index contributed by atoms with van der Waals surface area (Å²) in [5, 5.41) is 9.46. The van der Waals surface area contributed by atoms with E-state index in [1.165, 1.54) is 5.56 Å². The molecule has 3 aliphatic heterocycles. The Labute approximate surface area is 310 Å². The molecule has 8 rings (SSSR count). The lowest BCUT2D eigenvalue weighted by Crippen LogP contribution is -2.35. The monoisotopic (exact) mass is 742 g/mol. The van der Waals surface area contributed by atoms with Crippen LogP contribution in [0.2, 0.25) is 30.7 Å². The van der Waals surface area contributed by atoms with Gasteiger partial charge in [-0.25, -0.2) is 9.97 Å². The fourth-order valence-corrected chi connectivity index (χ4v) is 8.10. The molecule has 0 aliphatic carbocycles. The van der Waals surface area contributed by atoms with Crippen LogP contribution in [-0.4, -0.2) is 79.7 Å². The first-order valence-electron chi connectivity index (χ1n) is 18.3. The lowest BCUT2D eigenvalue weighted by Gasteiger charge is -2.33. The van der Waals surface area contributed by atoms with Crippen LogP contribution in [0.4, 0.5) is 0 Å². The van der Waals surface area contributed by atoms with Crippen molar-refractivity contribution in [1.82, 2.24) is 39.2 Å². The quantitative estimate of drug-likeness (QED) is 0.0963. The minimum Gasteiger partial charge on any atom is -0.443 e. The van der Waals surface area contributed by atoms with E-state index in [-0.39, 0.29) is 6.10 Å². The van der Waals surface area contributed by atoms with E-state index in [0.717, 1.165) is 110 Å². The number of fused-ring (bicyclic) bond motifs is 2. The van der Waals surface area contributed by atoms with Crippen molar-refractivity contribution < 1.29 is 18.9 Å². The third-order valence-electron chi connectivity index (χ3n) is 10.5. The Kier molecular flexibility index (Phi) is 9.58. The van der Waals surface area contributed by atoms with Gasteiger partial charge in [0.25, 0.3) is 5.79 Å². The number of hydrogen-bond acceptors (Lipinski definition) is 10. The Balaban J connectivity index is 0.978. The number of rotatable bonds is 12. The van der Waals surface area contributed by atoms with Gasteiger partial charge in [0.2, 0.25) is 0 Å². The van der Waals surface area contributed by atoms with Crippen molar-refractivity contribution in [2.45, 2.75) is 96.4 Å². The lowest BCUT2D eigenvalue weighted by molar-refractivity contribution is -0.0722. The number of benzene rings is 1. The summed E-state index contributed by atoms with van der Waals surface area (Å²) < 4.78 is 29.1. The molecule has 2 atom stereocenters. The number of imidazole rings is 1. The Bertz CT molecular complexity index is 2050. The smallest absolute Gasteiger partial charge is 0.292 e. The summed E-state index contributed by atoms with van der Waals surface area (Å²) in [5.74, 6) is 3.47. The topological polar surface area (TPSA) is 114 Å². The Morgan fingerprint density at radius 1 is 1.00 bits per heavy atom. The molecule has 3 aliphatic rings. The van der Waals surface area contributed by atoms with Crippen molar-refractivity contribution in [2.75, 3.05) is 26.3 Å². The van der Waals surface area contributed by atoms with Gasteiger partial charge in [-0.15, -0.1) is 10.2 Å². The summed E-state index contributed by atoms with van der Waals surface area (Å²) >= 11 is 6.10. The summed E-state index contributed by atoms with van der Waals surface area (Å²) in [6.07, 6.45) is 6.73. The van der Waals surface area contributed by atoms with E-state index in [2.05, 4.69) is 62.5 Å². The summed E-state index contributed by atoms with van der Waals surface area (Å²) in [6.45, 7) is 16.2. The largest absolute Gasteiger partial charge is 0.443 e. The number of hydrogen-bond donors (Lipinski definition) is 0. The maximum Gasteiger partial charge on any atom is 0.292 e. The molecule has 52 heavy (non-hydrogen) atoms. The van der Waals surface area contributed by atoms with Crippen LogP contribution in [0.25, 0.3) is 22.6 Å². The number of nitrogens with zero attached hydrogens (tertiary/aromatic N) is 8. The second kappa shape index (κ2) is 14.2. The Morgan fingerprint density at radius 2 is 1.83 bits per heavy atom. The molecular formula is C38H47ClN8O4Si. The highest BCUT2D eigenvalue weighted by molar-refractivity contribution is 6.76. The number of aryl methyl sites for hydroxylation is 1. The molecule has 0 radical (unpaired) electrons. The van der Waals surface area contributed by atoms with Gasteiger partial charge in [0.05, 0.1) is 24.2 Å². The van der Waals surface area contributed by atoms with E-state index >= 15 is 0 Å². The molecule has 5 aromatic rings. The average molecular weight is 743 g/mol. The number of piperidine rings is 1. The lowest BCUT2D eigenvalue weighted by atomic mass is 9.88.